The van der Waals surface area contributed by atoms with Crippen LogP contribution < -0.4 is 0 Å². The summed E-state index contributed by atoms with van der Waals surface area (Å²) >= 11 is 0. The highest BCUT2D eigenvalue weighted by Crippen LogP contribution is 2.39. The van der Waals surface area contributed by atoms with Crippen LogP contribution in [0.2, 0.25) is 0 Å². The number of rotatable bonds is 0. The fourth-order valence-electron chi connectivity index (χ4n) is 2.17. The maximum absolute atomic E-state index is 10.9. The Hall–Kier alpha value is -1.09. The molecule has 0 unspecified atom stereocenters. The zero-order valence-corrected chi connectivity index (χ0v) is 9.82. The largest absolute Gasteiger partial charge is 0.459 e. The third-order valence-electron chi connectivity index (χ3n) is 3.24. The molecule has 17 heavy (non-hydrogen) atoms. The molecule has 94 valence electrons. The summed E-state index contributed by atoms with van der Waals surface area (Å²) in [4.78, 5) is 10.9. The molecule has 5 nitrogen and oxygen atoms in total. The lowest BCUT2D eigenvalue weighted by atomic mass is 9.82. The topological polar surface area (TPSA) is 65.0 Å². The van der Waals surface area contributed by atoms with Crippen LogP contribution in [0.15, 0.2) is 0 Å². The van der Waals surface area contributed by atoms with Crippen LogP contribution in [0.1, 0.15) is 25.7 Å². The van der Waals surface area contributed by atoms with Gasteiger partial charge in [0.2, 0.25) is 0 Å². The van der Waals surface area contributed by atoms with Gasteiger partial charge >= 0.3 is 5.97 Å². The molecule has 2 fully saturated rings. The molecule has 0 aromatic heterocycles. The molecule has 1 aliphatic carbocycles. The molecule has 0 atom stereocenters. The van der Waals surface area contributed by atoms with E-state index in [9.17, 15) is 9.90 Å². The fraction of sp³-hybridized carbons (Fsp3) is 0.750. The third kappa shape index (κ3) is 2.78. The predicted octanol–water partition coefficient (Wildman–Crippen LogP) is 0.211. The average molecular weight is 240 g/mol. The Kier molecular flexibility index (Phi) is 3.38. The molecule has 0 aromatic carbocycles. The number of carbonyl (C=O) groups excluding carboxylic acids is 1. The van der Waals surface area contributed by atoms with Crippen LogP contribution >= 0.6 is 0 Å². The maximum Gasteiger partial charge on any atom is 0.384 e. The Morgan fingerprint density at radius 1 is 1.24 bits per heavy atom. The highest BCUT2D eigenvalue weighted by atomic mass is 16.7. The molecule has 0 radical (unpaired) electrons. The zero-order chi connectivity index (χ0) is 12.4. The quantitative estimate of drug-likeness (QED) is 0.372. The van der Waals surface area contributed by atoms with Crippen molar-refractivity contribution in [3.63, 3.8) is 0 Å². The van der Waals surface area contributed by atoms with Crippen LogP contribution in [0.4, 0.5) is 0 Å². The van der Waals surface area contributed by atoms with Gasteiger partial charge in [0.25, 0.3) is 0 Å². The molecular formula is C12H16O5. The molecule has 1 N–H and O–H groups in total. The van der Waals surface area contributed by atoms with Crippen molar-refractivity contribution >= 4 is 5.97 Å². The van der Waals surface area contributed by atoms with Gasteiger partial charge in [-0.1, -0.05) is 5.92 Å². The molecule has 1 saturated carbocycles. The van der Waals surface area contributed by atoms with E-state index in [1.165, 1.54) is 7.11 Å². The van der Waals surface area contributed by atoms with Gasteiger partial charge in [-0.3, -0.25) is 0 Å². The van der Waals surface area contributed by atoms with Gasteiger partial charge in [0, 0.05) is 18.8 Å². The van der Waals surface area contributed by atoms with Crippen LogP contribution in [-0.4, -0.2) is 42.8 Å². The van der Waals surface area contributed by atoms with Crippen molar-refractivity contribution < 1.29 is 24.1 Å². The monoisotopic (exact) mass is 240 g/mol. The van der Waals surface area contributed by atoms with Gasteiger partial charge < -0.3 is 19.3 Å². The number of methoxy groups -OCH3 is 1. The summed E-state index contributed by atoms with van der Waals surface area (Å²) in [6.07, 6.45) is 2.08. The van der Waals surface area contributed by atoms with Crippen LogP contribution in [0.25, 0.3) is 0 Å². The summed E-state index contributed by atoms with van der Waals surface area (Å²) in [6.45, 7) is 1.21. The molecule has 1 saturated heterocycles. The molecule has 0 bridgehead atoms. The van der Waals surface area contributed by atoms with Gasteiger partial charge in [-0.15, -0.1) is 0 Å². The summed E-state index contributed by atoms with van der Waals surface area (Å²) in [5.74, 6) is 3.69. The standard InChI is InChI=1S/C12H16O5/c1-15-10(13)2-3-11(14)4-6-12(7-5-11)16-8-9-17-12/h14H,4-9H2,1H3. The molecule has 1 aliphatic heterocycles. The first-order valence-corrected chi connectivity index (χ1v) is 5.69. The minimum Gasteiger partial charge on any atom is -0.459 e. The second-order valence-corrected chi connectivity index (χ2v) is 4.38. The molecule has 1 spiro atoms. The first-order valence-electron chi connectivity index (χ1n) is 5.69. The zero-order valence-electron chi connectivity index (χ0n) is 9.82. The van der Waals surface area contributed by atoms with Crippen LogP contribution in [0.5, 0.6) is 0 Å². The molecule has 2 rings (SSSR count). The highest BCUT2D eigenvalue weighted by molar-refractivity contribution is 5.88. The van der Waals surface area contributed by atoms with Gasteiger partial charge in [0.1, 0.15) is 5.60 Å². The van der Waals surface area contributed by atoms with Gasteiger partial charge in [0.15, 0.2) is 5.79 Å². The van der Waals surface area contributed by atoms with Crippen molar-refractivity contribution in [2.24, 2.45) is 0 Å². The van der Waals surface area contributed by atoms with Gasteiger partial charge in [-0.25, -0.2) is 4.79 Å². The summed E-state index contributed by atoms with van der Waals surface area (Å²) in [5, 5.41) is 10.2. The summed E-state index contributed by atoms with van der Waals surface area (Å²) in [5.41, 5.74) is -1.13. The third-order valence-corrected chi connectivity index (χ3v) is 3.24. The van der Waals surface area contributed by atoms with E-state index in [1.54, 1.807) is 0 Å². The van der Waals surface area contributed by atoms with Crippen LogP contribution in [0.3, 0.4) is 0 Å². The number of carbonyl (C=O) groups is 1. The summed E-state index contributed by atoms with van der Waals surface area (Å²) in [7, 11) is 1.26. The van der Waals surface area contributed by atoms with Crippen LogP contribution in [0, 0.1) is 11.8 Å². The normalized spacial score (nSPS) is 25.1. The summed E-state index contributed by atoms with van der Waals surface area (Å²) in [6, 6.07) is 0. The minimum atomic E-state index is -1.13. The predicted molar refractivity (Wildman–Crippen MR) is 57.8 cm³/mol. The molecule has 0 aromatic rings. The molecular weight excluding hydrogens is 224 g/mol. The number of esters is 1. The average Bonchev–Trinajstić information content (AvgIpc) is 2.80. The summed E-state index contributed by atoms with van der Waals surface area (Å²) < 4.78 is 15.5. The molecule has 2 aliphatic rings. The maximum atomic E-state index is 10.9. The molecule has 0 amide bonds. The van der Waals surface area contributed by atoms with E-state index in [0.717, 1.165) is 0 Å². The lowest BCUT2D eigenvalue weighted by molar-refractivity contribution is -0.195. The van der Waals surface area contributed by atoms with E-state index in [1.807, 2.05) is 0 Å². The highest BCUT2D eigenvalue weighted by Gasteiger charge is 2.44. The first-order chi connectivity index (χ1) is 8.08. The van der Waals surface area contributed by atoms with Crippen LogP contribution in [-0.2, 0) is 19.0 Å². The Balaban J connectivity index is 1.96. The van der Waals surface area contributed by atoms with Crippen molar-refractivity contribution in [3.8, 4) is 11.8 Å². The SMILES string of the molecule is COC(=O)C#CC1(O)CCC2(CC1)OCCO2. The number of hydrogen-bond donors (Lipinski definition) is 1. The lowest BCUT2D eigenvalue weighted by Gasteiger charge is -2.37. The van der Waals surface area contributed by atoms with Gasteiger partial charge in [-0.2, -0.15) is 0 Å². The van der Waals surface area contributed by atoms with Crippen molar-refractivity contribution in [2.75, 3.05) is 20.3 Å². The Bertz CT molecular complexity index is 349. The smallest absolute Gasteiger partial charge is 0.384 e. The van der Waals surface area contributed by atoms with E-state index < -0.39 is 17.4 Å². The van der Waals surface area contributed by atoms with E-state index in [0.29, 0.717) is 38.9 Å². The van der Waals surface area contributed by atoms with Crippen molar-refractivity contribution in [2.45, 2.75) is 37.1 Å². The van der Waals surface area contributed by atoms with Crippen molar-refractivity contribution in [1.29, 1.82) is 0 Å². The van der Waals surface area contributed by atoms with E-state index >= 15 is 0 Å². The minimum absolute atomic E-state index is 0.441. The Morgan fingerprint density at radius 2 is 1.82 bits per heavy atom. The number of ether oxygens (including phenoxy) is 3. The van der Waals surface area contributed by atoms with E-state index in [-0.39, 0.29) is 0 Å². The van der Waals surface area contributed by atoms with Crippen molar-refractivity contribution in [3.05, 3.63) is 0 Å². The van der Waals surface area contributed by atoms with Gasteiger partial charge in [0.05, 0.1) is 20.3 Å². The fourth-order valence-corrected chi connectivity index (χ4v) is 2.17. The Morgan fingerprint density at radius 3 is 2.35 bits per heavy atom. The lowest BCUT2D eigenvalue weighted by Crippen LogP contribution is -2.42. The first kappa shape index (κ1) is 12.4. The number of hydrogen-bond acceptors (Lipinski definition) is 5. The number of aliphatic hydroxyl groups is 1. The van der Waals surface area contributed by atoms with Crippen molar-refractivity contribution in [1.82, 2.24) is 0 Å². The second-order valence-electron chi connectivity index (χ2n) is 4.38. The molecule has 1 heterocycles. The molecule has 5 heteroatoms. The van der Waals surface area contributed by atoms with E-state index in [2.05, 4.69) is 16.6 Å². The second kappa shape index (κ2) is 4.65. The Labute approximate surface area is 100 Å². The van der Waals surface area contributed by atoms with Gasteiger partial charge in [-0.05, 0) is 12.8 Å². The van der Waals surface area contributed by atoms with E-state index in [4.69, 9.17) is 9.47 Å².